The normalized spacial score (nSPS) is 11.7. The van der Waals surface area contributed by atoms with E-state index < -0.39 is 24.3 Å². The molecular formula is C22H22F3N3O3S. The minimum Gasteiger partial charge on any atom is -0.482 e. The van der Waals surface area contributed by atoms with Gasteiger partial charge < -0.3 is 9.84 Å². The molecule has 0 amide bonds. The van der Waals surface area contributed by atoms with E-state index in [0.29, 0.717) is 28.6 Å². The molecule has 10 heteroatoms. The van der Waals surface area contributed by atoms with Crippen LogP contribution >= 0.6 is 11.8 Å². The Morgan fingerprint density at radius 1 is 1.16 bits per heavy atom. The number of ether oxygens (including phenoxy) is 1. The summed E-state index contributed by atoms with van der Waals surface area (Å²) in [4.78, 5) is 13.1. The first-order chi connectivity index (χ1) is 15.0. The van der Waals surface area contributed by atoms with Crippen LogP contribution in [0.4, 0.5) is 13.2 Å². The Bertz CT molecular complexity index is 1100. The highest BCUT2D eigenvalue weighted by molar-refractivity contribution is 7.98. The first-order valence-corrected chi connectivity index (χ1v) is 10.7. The molecule has 6 nitrogen and oxygen atoms in total. The topological polar surface area (TPSA) is 77.2 Å². The van der Waals surface area contributed by atoms with Gasteiger partial charge in [0.25, 0.3) is 0 Å². The van der Waals surface area contributed by atoms with E-state index in [0.717, 1.165) is 22.6 Å². The number of aliphatic carboxylic acids is 1. The Morgan fingerprint density at radius 3 is 2.44 bits per heavy atom. The van der Waals surface area contributed by atoms with E-state index in [9.17, 15) is 18.0 Å². The van der Waals surface area contributed by atoms with Crippen molar-refractivity contribution in [2.75, 3.05) is 6.61 Å². The number of aromatic nitrogens is 3. The fourth-order valence-corrected chi connectivity index (χ4v) is 3.88. The predicted molar refractivity (Wildman–Crippen MR) is 114 cm³/mol. The highest BCUT2D eigenvalue weighted by Crippen LogP contribution is 2.33. The number of carboxylic acids is 1. The SMILES string of the molecule is Cc1nn(-c2ccc(C(F)(F)F)cc2)nc1CSc1ccc(OCC(=O)O)c(C(C)C)c1. The lowest BCUT2D eigenvalue weighted by Crippen LogP contribution is -2.10. The van der Waals surface area contributed by atoms with Crippen LogP contribution in [0, 0.1) is 6.92 Å². The smallest absolute Gasteiger partial charge is 0.416 e. The fourth-order valence-electron chi connectivity index (χ4n) is 2.93. The third kappa shape index (κ3) is 5.82. The maximum atomic E-state index is 12.8. The summed E-state index contributed by atoms with van der Waals surface area (Å²) in [5.74, 6) is 0.154. The van der Waals surface area contributed by atoms with Gasteiger partial charge in [-0.3, -0.25) is 0 Å². The van der Waals surface area contributed by atoms with Crippen molar-refractivity contribution in [1.82, 2.24) is 15.0 Å². The summed E-state index contributed by atoms with van der Waals surface area (Å²) in [6, 6.07) is 10.2. The number of rotatable bonds is 8. The summed E-state index contributed by atoms with van der Waals surface area (Å²) in [6.45, 7) is 5.39. The van der Waals surface area contributed by atoms with Crippen LogP contribution in [0.1, 0.15) is 42.3 Å². The molecule has 3 aromatic rings. The van der Waals surface area contributed by atoms with Crippen LogP contribution in [-0.4, -0.2) is 32.7 Å². The molecular weight excluding hydrogens is 443 g/mol. The Morgan fingerprint density at radius 2 is 1.84 bits per heavy atom. The van der Waals surface area contributed by atoms with Gasteiger partial charge in [0, 0.05) is 10.6 Å². The number of nitrogens with zero attached hydrogens (tertiary/aromatic N) is 3. The molecule has 2 aromatic carbocycles. The predicted octanol–water partition coefficient (Wildman–Crippen LogP) is 5.47. The first kappa shape index (κ1) is 23.6. The van der Waals surface area contributed by atoms with Crippen LogP contribution in [0.15, 0.2) is 47.4 Å². The molecule has 0 spiro atoms. The summed E-state index contributed by atoms with van der Waals surface area (Å²) in [7, 11) is 0. The second-order valence-electron chi connectivity index (χ2n) is 7.39. The lowest BCUT2D eigenvalue weighted by Gasteiger charge is -2.14. The molecule has 1 N–H and O–H groups in total. The molecule has 32 heavy (non-hydrogen) atoms. The highest BCUT2D eigenvalue weighted by Gasteiger charge is 2.30. The van der Waals surface area contributed by atoms with Crippen LogP contribution < -0.4 is 4.74 Å². The van der Waals surface area contributed by atoms with E-state index in [1.54, 1.807) is 13.0 Å². The zero-order valence-corrected chi connectivity index (χ0v) is 18.5. The number of thioether (sulfide) groups is 1. The number of benzene rings is 2. The lowest BCUT2D eigenvalue weighted by molar-refractivity contribution is -0.139. The van der Waals surface area contributed by atoms with Crippen LogP contribution in [0.2, 0.25) is 0 Å². The summed E-state index contributed by atoms with van der Waals surface area (Å²) >= 11 is 1.53. The van der Waals surface area contributed by atoms with Crippen molar-refractivity contribution < 1.29 is 27.8 Å². The molecule has 0 saturated carbocycles. The number of halogens is 3. The van der Waals surface area contributed by atoms with E-state index >= 15 is 0 Å². The van der Waals surface area contributed by atoms with E-state index in [1.165, 1.54) is 28.7 Å². The monoisotopic (exact) mass is 465 g/mol. The summed E-state index contributed by atoms with van der Waals surface area (Å²) in [6.07, 6.45) is -4.39. The van der Waals surface area contributed by atoms with Crippen molar-refractivity contribution in [3.05, 3.63) is 65.0 Å². The summed E-state index contributed by atoms with van der Waals surface area (Å²) in [5, 5.41) is 17.6. The molecule has 1 heterocycles. The first-order valence-electron chi connectivity index (χ1n) is 9.76. The third-order valence-corrected chi connectivity index (χ3v) is 5.64. The second-order valence-corrected chi connectivity index (χ2v) is 8.44. The number of hydrogen-bond donors (Lipinski definition) is 1. The van der Waals surface area contributed by atoms with E-state index in [2.05, 4.69) is 10.2 Å². The van der Waals surface area contributed by atoms with Crippen molar-refractivity contribution >= 4 is 17.7 Å². The van der Waals surface area contributed by atoms with Crippen LogP contribution in [-0.2, 0) is 16.7 Å². The Hall–Kier alpha value is -3.01. The summed E-state index contributed by atoms with van der Waals surface area (Å²) < 4.78 is 43.6. The van der Waals surface area contributed by atoms with E-state index in [1.807, 2.05) is 26.0 Å². The lowest BCUT2D eigenvalue weighted by atomic mass is 10.0. The quantitative estimate of drug-likeness (QED) is 0.445. The van der Waals surface area contributed by atoms with Gasteiger partial charge in [-0.2, -0.15) is 28.2 Å². The Kier molecular flexibility index (Phi) is 7.12. The number of carboxylic acid groups (broad SMARTS) is 1. The maximum Gasteiger partial charge on any atom is 0.416 e. The third-order valence-electron chi connectivity index (χ3n) is 4.63. The van der Waals surface area contributed by atoms with Crippen molar-refractivity contribution in [2.24, 2.45) is 0 Å². The summed E-state index contributed by atoms with van der Waals surface area (Å²) in [5.41, 5.74) is 2.02. The molecule has 3 rings (SSSR count). The molecule has 0 unspecified atom stereocenters. The van der Waals surface area contributed by atoms with E-state index in [4.69, 9.17) is 9.84 Å². The molecule has 0 atom stereocenters. The molecule has 0 aliphatic heterocycles. The molecule has 0 aliphatic carbocycles. The van der Waals surface area contributed by atoms with Gasteiger partial charge >= 0.3 is 12.1 Å². The van der Waals surface area contributed by atoms with Crippen molar-refractivity contribution in [3.63, 3.8) is 0 Å². The van der Waals surface area contributed by atoms with Gasteiger partial charge in [0.15, 0.2) is 6.61 Å². The number of carbonyl (C=O) groups is 1. The van der Waals surface area contributed by atoms with Gasteiger partial charge in [0.1, 0.15) is 5.75 Å². The van der Waals surface area contributed by atoms with Gasteiger partial charge in [-0.1, -0.05) is 13.8 Å². The molecule has 0 aliphatic rings. The van der Waals surface area contributed by atoms with Crippen molar-refractivity contribution in [1.29, 1.82) is 0 Å². The number of alkyl halides is 3. The van der Waals surface area contributed by atoms with Gasteiger partial charge in [0.05, 0.1) is 22.6 Å². The molecule has 0 bridgehead atoms. The molecule has 1 aromatic heterocycles. The minimum absolute atomic E-state index is 0.140. The number of aryl methyl sites for hydroxylation is 1. The standard InChI is InChI=1S/C22H22F3N3O3S/c1-13(2)18-10-17(8-9-20(18)31-11-21(29)30)32-12-19-14(3)26-28(27-19)16-6-4-15(5-7-16)22(23,24)25/h4-10,13H,11-12H2,1-3H3,(H,29,30). The van der Waals surface area contributed by atoms with Crippen LogP contribution in [0.25, 0.3) is 5.69 Å². The average Bonchev–Trinajstić information content (AvgIpc) is 3.11. The molecule has 170 valence electrons. The van der Waals surface area contributed by atoms with Crippen LogP contribution in [0.3, 0.4) is 0 Å². The zero-order chi connectivity index (χ0) is 23.5. The minimum atomic E-state index is -4.39. The van der Waals surface area contributed by atoms with Crippen molar-refractivity contribution in [2.45, 2.75) is 43.5 Å². The van der Waals surface area contributed by atoms with Crippen LogP contribution in [0.5, 0.6) is 5.75 Å². The molecule has 0 saturated heterocycles. The molecule has 0 radical (unpaired) electrons. The Labute approximate surface area is 187 Å². The van der Waals surface area contributed by atoms with Gasteiger partial charge in [-0.25, -0.2) is 4.79 Å². The zero-order valence-electron chi connectivity index (χ0n) is 17.7. The fraction of sp³-hybridized carbons (Fsp3) is 0.318. The van der Waals surface area contributed by atoms with E-state index in [-0.39, 0.29) is 5.92 Å². The Balaban J connectivity index is 1.73. The van der Waals surface area contributed by atoms with Gasteiger partial charge in [-0.05, 0) is 60.9 Å². The number of hydrogen-bond acceptors (Lipinski definition) is 5. The largest absolute Gasteiger partial charge is 0.482 e. The average molecular weight is 465 g/mol. The highest BCUT2D eigenvalue weighted by atomic mass is 32.2. The van der Waals surface area contributed by atoms with Crippen molar-refractivity contribution in [3.8, 4) is 11.4 Å². The van der Waals surface area contributed by atoms with Gasteiger partial charge in [0.2, 0.25) is 0 Å². The maximum absolute atomic E-state index is 12.8. The molecule has 0 fully saturated rings. The second kappa shape index (κ2) is 9.64. The van der Waals surface area contributed by atoms with Gasteiger partial charge in [-0.15, -0.1) is 11.8 Å².